The summed E-state index contributed by atoms with van der Waals surface area (Å²) in [6.07, 6.45) is 3.73. The second-order valence-electron chi connectivity index (χ2n) is 14.0. The van der Waals surface area contributed by atoms with Gasteiger partial charge in [-0.3, -0.25) is 9.59 Å². The first-order valence-corrected chi connectivity index (χ1v) is 20.6. The van der Waals surface area contributed by atoms with Crippen molar-refractivity contribution in [1.82, 2.24) is 10.2 Å². The molecule has 5 rings (SSSR count). The van der Waals surface area contributed by atoms with Crippen LogP contribution < -0.4 is 20.6 Å². The number of hydrogen-bond donors (Lipinski definition) is 3. The number of hydrogen-bond acceptors (Lipinski definition) is 6. The van der Waals surface area contributed by atoms with Crippen molar-refractivity contribution in [1.29, 1.82) is 0 Å². The second kappa shape index (κ2) is 16.7. The van der Waals surface area contributed by atoms with Crippen LogP contribution in [0.5, 0.6) is 5.75 Å². The molecular weight excluding hydrogens is 619 g/mol. The Morgan fingerprint density at radius 3 is 2.38 bits per heavy atom. The molecule has 9 heteroatoms. The number of amides is 2. The van der Waals surface area contributed by atoms with E-state index in [2.05, 4.69) is 54.9 Å². The maximum atomic E-state index is 13.9. The second-order valence-corrected chi connectivity index (χ2v) is 18.7. The molecule has 0 spiro atoms. The Hall–Kier alpha value is -3.50. The van der Waals surface area contributed by atoms with Crippen molar-refractivity contribution >= 4 is 30.8 Å². The highest BCUT2D eigenvalue weighted by molar-refractivity contribution is 6.91. The molecule has 2 aliphatic rings. The third-order valence-electron chi connectivity index (χ3n) is 10.5. The molecule has 2 aliphatic heterocycles. The number of aliphatic hydroxyl groups excluding tert-OH is 1. The van der Waals surface area contributed by atoms with E-state index < -0.39 is 8.07 Å². The lowest BCUT2D eigenvalue weighted by molar-refractivity contribution is -0.135. The molecule has 3 aromatic carbocycles. The van der Waals surface area contributed by atoms with Gasteiger partial charge in [0.1, 0.15) is 5.75 Å². The van der Waals surface area contributed by atoms with E-state index in [4.69, 9.17) is 9.47 Å². The van der Waals surface area contributed by atoms with Gasteiger partial charge in [-0.25, -0.2) is 0 Å². The molecule has 0 bridgehead atoms. The molecule has 0 aliphatic carbocycles. The zero-order valence-corrected chi connectivity index (χ0v) is 30.0. The number of carbonyl (C=O) groups excluding carboxylic acids is 2. The van der Waals surface area contributed by atoms with Crippen molar-refractivity contribution in [3.8, 4) is 5.75 Å². The lowest BCUT2D eigenvalue weighted by atomic mass is 9.95. The summed E-state index contributed by atoms with van der Waals surface area (Å²) in [5, 5.41) is 17.5. The summed E-state index contributed by atoms with van der Waals surface area (Å²) in [6.45, 7) is 9.47. The minimum absolute atomic E-state index is 0.0106. The molecular formula is C39H53N3O5Si. The molecule has 0 radical (unpaired) electrons. The number of aryl methyl sites for hydroxylation is 1. The van der Waals surface area contributed by atoms with Crippen LogP contribution in [0.1, 0.15) is 43.7 Å². The van der Waals surface area contributed by atoms with Gasteiger partial charge in [0, 0.05) is 25.3 Å². The number of rotatable bonds is 14. The molecule has 3 N–H and O–H groups in total. The number of anilines is 1. The number of nitrogens with zero attached hydrogens (tertiary/aromatic N) is 1. The van der Waals surface area contributed by atoms with Crippen molar-refractivity contribution in [3.05, 3.63) is 90.0 Å². The van der Waals surface area contributed by atoms with Crippen molar-refractivity contribution < 1.29 is 24.2 Å². The summed E-state index contributed by atoms with van der Waals surface area (Å²) in [5.41, 5.74) is 3.29. The first-order chi connectivity index (χ1) is 23.2. The van der Waals surface area contributed by atoms with Crippen LogP contribution in [0.2, 0.25) is 18.6 Å². The third-order valence-corrected chi connectivity index (χ3v) is 14.9. The van der Waals surface area contributed by atoms with Crippen LogP contribution in [-0.4, -0.2) is 75.5 Å². The van der Waals surface area contributed by atoms with Crippen molar-refractivity contribution in [2.45, 2.75) is 76.4 Å². The number of aliphatic hydroxyl groups is 1. The van der Waals surface area contributed by atoms with Gasteiger partial charge < -0.3 is 30.1 Å². The molecule has 258 valence electrons. The zero-order valence-electron chi connectivity index (χ0n) is 29.0. The molecule has 2 saturated heterocycles. The number of ether oxygens (including phenoxy) is 2. The first-order valence-electron chi connectivity index (χ1n) is 17.5. The monoisotopic (exact) mass is 671 g/mol. The van der Waals surface area contributed by atoms with E-state index >= 15 is 0 Å². The maximum absolute atomic E-state index is 13.9. The van der Waals surface area contributed by atoms with Crippen LogP contribution in [0.25, 0.3) is 0 Å². The normalized spacial score (nSPS) is 22.6. The van der Waals surface area contributed by atoms with Gasteiger partial charge in [-0.05, 0) is 79.1 Å². The summed E-state index contributed by atoms with van der Waals surface area (Å²) in [6, 6.07) is 26.6. The lowest BCUT2D eigenvalue weighted by Crippen LogP contribution is -2.51. The molecule has 8 nitrogen and oxygen atoms in total. The zero-order chi connectivity index (χ0) is 34.1. The van der Waals surface area contributed by atoms with Crippen LogP contribution >= 0.6 is 0 Å². The average Bonchev–Trinajstić information content (AvgIpc) is 3.43. The molecule has 1 unspecified atom stereocenters. The first kappa shape index (κ1) is 35.8. The molecule has 3 aromatic rings. The molecule has 2 amide bonds. The summed E-state index contributed by atoms with van der Waals surface area (Å²) in [7, 11) is -0.452. The summed E-state index contributed by atoms with van der Waals surface area (Å²) in [4.78, 5) is 28.4. The van der Waals surface area contributed by atoms with Gasteiger partial charge in [0.25, 0.3) is 0 Å². The van der Waals surface area contributed by atoms with Gasteiger partial charge in [0.05, 0.1) is 46.3 Å². The highest BCUT2D eigenvalue weighted by atomic mass is 28.3. The van der Waals surface area contributed by atoms with Gasteiger partial charge in [0.15, 0.2) is 0 Å². The van der Waals surface area contributed by atoms with Crippen LogP contribution in [0.3, 0.4) is 0 Å². The van der Waals surface area contributed by atoms with E-state index in [0.717, 1.165) is 55.8 Å². The van der Waals surface area contributed by atoms with Gasteiger partial charge in [0.2, 0.25) is 11.8 Å². The van der Waals surface area contributed by atoms with E-state index in [1.165, 1.54) is 10.8 Å². The van der Waals surface area contributed by atoms with E-state index in [9.17, 15) is 14.7 Å². The highest BCUT2D eigenvalue weighted by Gasteiger charge is 2.51. The highest BCUT2D eigenvalue weighted by Crippen LogP contribution is 2.46. The van der Waals surface area contributed by atoms with Gasteiger partial charge in [-0.1, -0.05) is 79.8 Å². The number of nitrogens with one attached hydrogen (secondary N) is 2. The summed E-state index contributed by atoms with van der Waals surface area (Å²) in [5.74, 6) is 1.21. The van der Waals surface area contributed by atoms with Crippen LogP contribution in [0.4, 0.5) is 5.69 Å². The Morgan fingerprint density at radius 2 is 1.73 bits per heavy atom. The minimum atomic E-state index is -2.14. The third kappa shape index (κ3) is 8.94. The molecule has 2 fully saturated rings. The quantitative estimate of drug-likeness (QED) is 0.200. The van der Waals surface area contributed by atoms with Crippen molar-refractivity contribution in [3.63, 3.8) is 0 Å². The minimum Gasteiger partial charge on any atom is -0.497 e. The summed E-state index contributed by atoms with van der Waals surface area (Å²) >= 11 is 0. The maximum Gasteiger partial charge on any atom is 0.228 e. The lowest BCUT2D eigenvalue weighted by Gasteiger charge is -2.36. The standard InChI is InChI=1S/C39H53N3O5Si/c1-28-35(21-14-29-12-15-32(16-13-29)41-39(45)31-11-8-22-40-26-31)47-36(38(28)48(3,4)34-19-17-33(46-2)18-20-34)25-37(44)42(23-24-43)27-30-9-6-5-7-10-30/h5-7,9-10,12-13,15-20,28,31,35-36,38,40,43H,8,11,14,21-27H2,1-4H3,(H,41,45)/t28-,31?,35+,36-,38+/m0/s1. The number of methoxy groups -OCH3 is 1. The predicted octanol–water partition coefficient (Wildman–Crippen LogP) is 5.37. The molecule has 0 aromatic heterocycles. The van der Waals surface area contributed by atoms with Gasteiger partial charge >= 0.3 is 0 Å². The smallest absolute Gasteiger partial charge is 0.228 e. The predicted molar refractivity (Wildman–Crippen MR) is 194 cm³/mol. The Morgan fingerprint density at radius 1 is 1.00 bits per heavy atom. The molecule has 5 atom stereocenters. The van der Waals surface area contributed by atoms with E-state index in [1.807, 2.05) is 54.6 Å². The Kier molecular flexibility index (Phi) is 12.5. The van der Waals surface area contributed by atoms with E-state index in [-0.39, 0.29) is 61.0 Å². The molecule has 2 heterocycles. The Labute approximate surface area is 287 Å². The number of benzene rings is 3. The SMILES string of the molecule is COc1ccc([Si](C)(C)[C@@H]2[C@@H](C)[C@@H](CCc3ccc(NC(=O)C4CCCNC4)cc3)O[C@H]2CC(=O)N(CCO)Cc2ccccc2)cc1. The van der Waals surface area contributed by atoms with E-state index in [1.54, 1.807) is 12.0 Å². The fraction of sp³-hybridized carbons (Fsp3) is 0.487. The largest absolute Gasteiger partial charge is 0.497 e. The molecule has 0 saturated carbocycles. The summed E-state index contributed by atoms with van der Waals surface area (Å²) < 4.78 is 12.3. The van der Waals surface area contributed by atoms with E-state index in [0.29, 0.717) is 6.54 Å². The van der Waals surface area contributed by atoms with Crippen LogP contribution in [0.15, 0.2) is 78.9 Å². The average molecular weight is 672 g/mol. The van der Waals surface area contributed by atoms with Crippen LogP contribution in [0, 0.1) is 11.8 Å². The topological polar surface area (TPSA) is 100 Å². The van der Waals surface area contributed by atoms with Gasteiger partial charge in [-0.15, -0.1) is 0 Å². The Balaban J connectivity index is 1.29. The number of carbonyl (C=O) groups is 2. The van der Waals surface area contributed by atoms with Crippen LogP contribution in [-0.2, 0) is 27.3 Å². The van der Waals surface area contributed by atoms with Crippen molar-refractivity contribution in [2.24, 2.45) is 11.8 Å². The van der Waals surface area contributed by atoms with Gasteiger partial charge in [-0.2, -0.15) is 0 Å². The fourth-order valence-electron chi connectivity index (χ4n) is 7.75. The number of piperidine rings is 1. The van der Waals surface area contributed by atoms with Crippen molar-refractivity contribution in [2.75, 3.05) is 38.7 Å². The molecule has 48 heavy (non-hydrogen) atoms. The fourth-order valence-corrected chi connectivity index (χ4v) is 11.8. The Bertz CT molecular complexity index is 1460.